The molecule has 1 N–H and O–H groups in total. The van der Waals surface area contributed by atoms with Crippen LogP contribution < -0.4 is 10.1 Å². The van der Waals surface area contributed by atoms with Gasteiger partial charge in [0.25, 0.3) is 0 Å². The molecule has 0 spiro atoms. The van der Waals surface area contributed by atoms with Crippen LogP contribution in [-0.4, -0.2) is 37.2 Å². The first-order valence-corrected chi connectivity index (χ1v) is 6.14. The van der Waals surface area contributed by atoms with Crippen molar-refractivity contribution >= 4 is 0 Å². The second-order valence-corrected chi connectivity index (χ2v) is 4.51. The second-order valence-electron chi connectivity index (χ2n) is 4.51. The lowest BCUT2D eigenvalue weighted by Gasteiger charge is -2.34. The maximum atomic E-state index is 12.3. The van der Waals surface area contributed by atoms with E-state index in [4.69, 9.17) is 0 Å². The van der Waals surface area contributed by atoms with E-state index < -0.39 is 6.61 Å². The summed E-state index contributed by atoms with van der Waals surface area (Å²) in [4.78, 5) is 2.27. The fraction of sp³-hybridized carbons (Fsp3) is 0.538. The van der Waals surface area contributed by atoms with Crippen molar-refractivity contribution in [1.82, 2.24) is 10.2 Å². The lowest BCUT2D eigenvalue weighted by atomic mass is 10.1. The van der Waals surface area contributed by atoms with Gasteiger partial charge in [-0.3, -0.25) is 4.90 Å². The number of hydrogen-bond acceptors (Lipinski definition) is 3. The lowest BCUT2D eigenvalue weighted by Crippen LogP contribution is -2.49. The van der Waals surface area contributed by atoms with E-state index in [9.17, 15) is 8.78 Å². The van der Waals surface area contributed by atoms with Crippen molar-refractivity contribution in [2.75, 3.05) is 19.6 Å². The van der Waals surface area contributed by atoms with Gasteiger partial charge in [-0.1, -0.05) is 18.2 Å². The Bertz CT molecular complexity index is 387. The minimum absolute atomic E-state index is 0.276. The normalized spacial score (nSPS) is 21.2. The zero-order valence-electron chi connectivity index (χ0n) is 10.4. The van der Waals surface area contributed by atoms with E-state index >= 15 is 0 Å². The average Bonchev–Trinajstić information content (AvgIpc) is 2.34. The van der Waals surface area contributed by atoms with Crippen molar-refractivity contribution < 1.29 is 13.5 Å². The zero-order valence-corrected chi connectivity index (χ0v) is 10.4. The van der Waals surface area contributed by atoms with Crippen molar-refractivity contribution in [2.45, 2.75) is 26.1 Å². The highest BCUT2D eigenvalue weighted by molar-refractivity contribution is 5.33. The van der Waals surface area contributed by atoms with Crippen molar-refractivity contribution in [3.05, 3.63) is 29.8 Å². The second kappa shape index (κ2) is 6.11. The van der Waals surface area contributed by atoms with Gasteiger partial charge < -0.3 is 10.1 Å². The fourth-order valence-electron chi connectivity index (χ4n) is 2.18. The molecule has 100 valence electrons. The molecule has 0 saturated carbocycles. The Morgan fingerprint density at radius 2 is 2.22 bits per heavy atom. The zero-order chi connectivity index (χ0) is 13.0. The SMILES string of the molecule is C[C@H]1CNCCN1Cc1ccccc1OC(F)F. The van der Waals surface area contributed by atoms with Crippen molar-refractivity contribution in [3.8, 4) is 5.75 Å². The molecule has 1 aliphatic heterocycles. The number of para-hydroxylation sites is 1. The summed E-state index contributed by atoms with van der Waals surface area (Å²) in [5.41, 5.74) is 0.812. The number of hydrogen-bond donors (Lipinski definition) is 1. The summed E-state index contributed by atoms with van der Waals surface area (Å²) < 4.78 is 29.2. The van der Waals surface area contributed by atoms with Crippen molar-refractivity contribution in [1.29, 1.82) is 0 Å². The van der Waals surface area contributed by atoms with Gasteiger partial charge in [0.05, 0.1) is 0 Å². The van der Waals surface area contributed by atoms with Gasteiger partial charge in [0, 0.05) is 37.8 Å². The summed E-state index contributed by atoms with van der Waals surface area (Å²) in [6, 6.07) is 7.39. The first-order valence-electron chi connectivity index (χ1n) is 6.14. The molecule has 1 aromatic carbocycles. The van der Waals surface area contributed by atoms with Crippen LogP contribution in [0, 0.1) is 0 Å². The Morgan fingerprint density at radius 1 is 1.44 bits per heavy atom. The first-order chi connectivity index (χ1) is 8.66. The monoisotopic (exact) mass is 256 g/mol. The smallest absolute Gasteiger partial charge is 0.387 e. The molecule has 5 heteroatoms. The highest BCUT2D eigenvalue weighted by Crippen LogP contribution is 2.22. The van der Waals surface area contributed by atoms with E-state index in [1.165, 1.54) is 0 Å². The van der Waals surface area contributed by atoms with Gasteiger partial charge in [0.2, 0.25) is 0 Å². The van der Waals surface area contributed by atoms with E-state index in [2.05, 4.69) is 21.9 Å². The minimum atomic E-state index is -2.77. The molecule has 18 heavy (non-hydrogen) atoms. The van der Waals surface area contributed by atoms with Crippen LogP contribution >= 0.6 is 0 Å². The number of ether oxygens (including phenoxy) is 1. The highest BCUT2D eigenvalue weighted by atomic mass is 19.3. The van der Waals surface area contributed by atoms with Crippen LogP contribution in [0.1, 0.15) is 12.5 Å². The Balaban J connectivity index is 2.07. The predicted octanol–water partition coefficient (Wildman–Crippen LogP) is 2.08. The topological polar surface area (TPSA) is 24.5 Å². The van der Waals surface area contributed by atoms with Crippen LogP contribution in [0.5, 0.6) is 5.75 Å². The average molecular weight is 256 g/mol. The van der Waals surface area contributed by atoms with Crippen LogP contribution in [0.15, 0.2) is 24.3 Å². The van der Waals surface area contributed by atoms with E-state index in [-0.39, 0.29) is 5.75 Å². The predicted molar refractivity (Wildman–Crippen MR) is 65.8 cm³/mol. The molecule has 0 aromatic heterocycles. The summed E-state index contributed by atoms with van der Waals surface area (Å²) >= 11 is 0. The number of halogens is 2. The van der Waals surface area contributed by atoms with Crippen molar-refractivity contribution in [2.24, 2.45) is 0 Å². The van der Waals surface area contributed by atoms with E-state index in [0.717, 1.165) is 25.2 Å². The molecule has 1 saturated heterocycles. The molecule has 0 bridgehead atoms. The van der Waals surface area contributed by atoms with Crippen LogP contribution in [-0.2, 0) is 6.54 Å². The molecule has 0 aliphatic carbocycles. The molecule has 0 amide bonds. The van der Waals surface area contributed by atoms with E-state index in [0.29, 0.717) is 12.6 Å². The molecule has 2 rings (SSSR count). The Kier molecular flexibility index (Phi) is 4.49. The van der Waals surface area contributed by atoms with Gasteiger partial charge in [0.15, 0.2) is 0 Å². The number of rotatable bonds is 4. The standard InChI is InChI=1S/C13H18F2N2O/c1-10-8-16-6-7-17(10)9-11-4-2-3-5-12(11)18-13(14)15/h2-5,10,13,16H,6-9H2,1H3/t10-/m0/s1. The minimum Gasteiger partial charge on any atom is -0.434 e. The van der Waals surface area contributed by atoms with Crippen LogP contribution in [0.4, 0.5) is 8.78 Å². The van der Waals surface area contributed by atoms with Gasteiger partial charge in [-0.15, -0.1) is 0 Å². The Labute approximate surface area is 106 Å². The van der Waals surface area contributed by atoms with Gasteiger partial charge in [-0.2, -0.15) is 8.78 Å². The molecule has 0 unspecified atom stereocenters. The van der Waals surface area contributed by atoms with Gasteiger partial charge in [0.1, 0.15) is 5.75 Å². The molecule has 3 nitrogen and oxygen atoms in total. The molecular weight excluding hydrogens is 238 g/mol. The molecule has 1 aromatic rings. The molecule has 1 atom stereocenters. The summed E-state index contributed by atoms with van der Waals surface area (Å²) in [5, 5.41) is 3.30. The van der Waals surface area contributed by atoms with Crippen LogP contribution in [0.3, 0.4) is 0 Å². The molecular formula is C13H18F2N2O. The summed E-state index contributed by atoms with van der Waals surface area (Å²) in [6.45, 7) is 2.78. The lowest BCUT2D eigenvalue weighted by molar-refractivity contribution is -0.0509. The third kappa shape index (κ3) is 3.40. The number of benzene rings is 1. The summed E-state index contributed by atoms with van der Waals surface area (Å²) in [7, 11) is 0. The fourth-order valence-corrected chi connectivity index (χ4v) is 2.18. The number of nitrogens with zero attached hydrogens (tertiary/aromatic N) is 1. The first kappa shape index (κ1) is 13.2. The van der Waals surface area contributed by atoms with Crippen molar-refractivity contribution in [3.63, 3.8) is 0 Å². The third-order valence-corrected chi connectivity index (χ3v) is 3.20. The van der Waals surface area contributed by atoms with Crippen LogP contribution in [0.2, 0.25) is 0 Å². The largest absolute Gasteiger partial charge is 0.434 e. The highest BCUT2D eigenvalue weighted by Gasteiger charge is 2.19. The molecule has 1 aliphatic rings. The quantitative estimate of drug-likeness (QED) is 0.892. The molecule has 0 radical (unpaired) electrons. The van der Waals surface area contributed by atoms with Gasteiger partial charge in [-0.25, -0.2) is 0 Å². The number of piperazine rings is 1. The Hall–Kier alpha value is -1.20. The Morgan fingerprint density at radius 3 is 2.94 bits per heavy atom. The van der Waals surface area contributed by atoms with Gasteiger partial charge in [-0.05, 0) is 13.0 Å². The summed E-state index contributed by atoms with van der Waals surface area (Å²) in [6.07, 6.45) is 0. The maximum absolute atomic E-state index is 12.3. The van der Waals surface area contributed by atoms with E-state index in [1.807, 2.05) is 12.1 Å². The van der Waals surface area contributed by atoms with Crippen LogP contribution in [0.25, 0.3) is 0 Å². The molecule has 1 fully saturated rings. The maximum Gasteiger partial charge on any atom is 0.387 e. The molecule has 1 heterocycles. The van der Waals surface area contributed by atoms with Gasteiger partial charge >= 0.3 is 6.61 Å². The number of alkyl halides is 2. The summed E-state index contributed by atoms with van der Waals surface area (Å²) in [5.74, 6) is 0.276. The third-order valence-electron chi connectivity index (χ3n) is 3.20. The number of nitrogens with one attached hydrogen (secondary N) is 1. The van der Waals surface area contributed by atoms with E-state index in [1.54, 1.807) is 12.1 Å².